The monoisotopic (exact) mass is 414 g/mol. The number of ether oxygens (including phenoxy) is 1. The van der Waals surface area contributed by atoms with E-state index < -0.39 is 22.0 Å². The second-order valence-corrected chi connectivity index (χ2v) is 8.33. The first-order chi connectivity index (χ1) is 11.3. The molecule has 0 spiro atoms. The third-order valence-corrected chi connectivity index (χ3v) is 5.85. The van der Waals surface area contributed by atoms with Crippen LogP contribution in [0.4, 0.5) is 0 Å². The molecule has 1 aromatic rings. The van der Waals surface area contributed by atoms with E-state index in [1.807, 2.05) is 6.26 Å². The fourth-order valence-corrected chi connectivity index (χ4v) is 4.28. The third kappa shape index (κ3) is 6.78. The van der Waals surface area contributed by atoms with E-state index in [2.05, 4.69) is 10.0 Å². The normalized spacial score (nSPS) is 12.8. The summed E-state index contributed by atoms with van der Waals surface area (Å²) in [5.74, 6) is 0.205. The topological polar surface area (TPSA) is 84.5 Å². The molecule has 24 heavy (non-hydrogen) atoms. The van der Waals surface area contributed by atoms with Gasteiger partial charge < -0.3 is 10.1 Å². The molecule has 0 fully saturated rings. The average molecular weight is 415 g/mol. The lowest BCUT2D eigenvalue weighted by Crippen LogP contribution is -2.47. The van der Waals surface area contributed by atoms with Crippen molar-refractivity contribution >= 4 is 50.9 Å². The van der Waals surface area contributed by atoms with Crippen LogP contribution < -0.4 is 10.0 Å². The van der Waals surface area contributed by atoms with Gasteiger partial charge in [-0.1, -0.05) is 23.2 Å². The highest BCUT2D eigenvalue weighted by Crippen LogP contribution is 2.25. The quantitative estimate of drug-likeness (QED) is 0.572. The first-order valence-electron chi connectivity index (χ1n) is 7.04. The molecule has 10 heteroatoms. The van der Waals surface area contributed by atoms with E-state index in [1.54, 1.807) is 0 Å². The fraction of sp³-hybridized carbons (Fsp3) is 0.500. The van der Waals surface area contributed by atoms with Crippen LogP contribution >= 0.6 is 35.0 Å². The molecule has 136 valence electrons. The maximum atomic E-state index is 12.5. The largest absolute Gasteiger partial charge is 0.383 e. The van der Waals surface area contributed by atoms with Gasteiger partial charge >= 0.3 is 0 Å². The Labute approximate surface area is 156 Å². The van der Waals surface area contributed by atoms with Crippen molar-refractivity contribution in [3.05, 3.63) is 28.2 Å². The van der Waals surface area contributed by atoms with E-state index in [0.717, 1.165) is 0 Å². The van der Waals surface area contributed by atoms with Crippen molar-refractivity contribution < 1.29 is 17.9 Å². The van der Waals surface area contributed by atoms with Crippen molar-refractivity contribution in [1.29, 1.82) is 0 Å². The summed E-state index contributed by atoms with van der Waals surface area (Å²) in [4.78, 5) is 12.1. The highest BCUT2D eigenvalue weighted by atomic mass is 35.5. The number of carbonyl (C=O) groups excluding carboxylic acids is 1. The zero-order valence-corrected chi connectivity index (χ0v) is 16.5. The zero-order valence-electron chi connectivity index (χ0n) is 13.3. The van der Waals surface area contributed by atoms with E-state index in [4.69, 9.17) is 27.9 Å². The molecule has 6 nitrogen and oxygen atoms in total. The minimum Gasteiger partial charge on any atom is -0.383 e. The number of amides is 1. The van der Waals surface area contributed by atoms with Crippen LogP contribution in [0.15, 0.2) is 23.1 Å². The van der Waals surface area contributed by atoms with Gasteiger partial charge in [-0.3, -0.25) is 4.79 Å². The summed E-state index contributed by atoms with van der Waals surface area (Å²) in [7, 11) is -2.47. The van der Waals surface area contributed by atoms with Gasteiger partial charge in [-0.05, 0) is 36.6 Å². The molecule has 1 rings (SSSR count). The second kappa shape index (κ2) is 10.5. The number of halogens is 2. The van der Waals surface area contributed by atoms with Crippen LogP contribution in [0, 0.1) is 0 Å². The zero-order chi connectivity index (χ0) is 18.2. The summed E-state index contributed by atoms with van der Waals surface area (Å²) in [6.07, 6.45) is 2.22. The first kappa shape index (κ1) is 21.5. The van der Waals surface area contributed by atoms with E-state index in [1.165, 1.54) is 37.1 Å². The van der Waals surface area contributed by atoms with Gasteiger partial charge in [0.2, 0.25) is 15.9 Å². The number of hydrogen-bond acceptors (Lipinski definition) is 5. The number of rotatable bonds is 10. The molecular weight excluding hydrogens is 395 g/mol. The Balaban J connectivity index is 2.94. The summed E-state index contributed by atoms with van der Waals surface area (Å²) in [5.41, 5.74) is 0. The van der Waals surface area contributed by atoms with Crippen LogP contribution in [0.1, 0.15) is 6.42 Å². The van der Waals surface area contributed by atoms with Crippen LogP contribution in [0.2, 0.25) is 10.0 Å². The molecule has 1 unspecified atom stereocenters. The van der Waals surface area contributed by atoms with Crippen LogP contribution in [-0.4, -0.2) is 52.6 Å². The smallest absolute Gasteiger partial charge is 0.242 e. The molecule has 0 radical (unpaired) electrons. The molecule has 2 N–H and O–H groups in total. The maximum Gasteiger partial charge on any atom is 0.242 e. The number of thioether (sulfide) groups is 1. The van der Waals surface area contributed by atoms with Gasteiger partial charge in [-0.2, -0.15) is 16.5 Å². The van der Waals surface area contributed by atoms with Crippen molar-refractivity contribution in [2.24, 2.45) is 0 Å². The molecule has 0 aliphatic heterocycles. The molecule has 0 saturated heterocycles. The van der Waals surface area contributed by atoms with Crippen LogP contribution in [-0.2, 0) is 19.6 Å². The number of hydrogen-bond donors (Lipinski definition) is 2. The standard InChI is InChI=1S/C14H20Cl2N2O4S2/c1-22-7-6-17-14(19)12(5-8-23-2)18-24(20,21)13-9-10(15)3-4-11(13)16/h3-4,9,12,18H,5-8H2,1-2H3,(H,17,19). The lowest BCUT2D eigenvalue weighted by atomic mass is 10.2. The van der Waals surface area contributed by atoms with Gasteiger partial charge in [0, 0.05) is 18.7 Å². The summed E-state index contributed by atoms with van der Waals surface area (Å²) >= 11 is 13.3. The summed E-state index contributed by atoms with van der Waals surface area (Å²) in [6, 6.07) is 3.23. The van der Waals surface area contributed by atoms with Crippen molar-refractivity contribution in [3.63, 3.8) is 0 Å². The van der Waals surface area contributed by atoms with Crippen molar-refractivity contribution in [2.75, 3.05) is 32.3 Å². The van der Waals surface area contributed by atoms with E-state index in [9.17, 15) is 13.2 Å². The van der Waals surface area contributed by atoms with E-state index >= 15 is 0 Å². The van der Waals surface area contributed by atoms with E-state index in [0.29, 0.717) is 25.3 Å². The van der Waals surface area contributed by atoms with Gasteiger partial charge in [-0.15, -0.1) is 0 Å². The van der Waals surface area contributed by atoms with Crippen molar-refractivity contribution in [3.8, 4) is 0 Å². The molecule has 1 aromatic carbocycles. The molecule has 0 bridgehead atoms. The number of carbonyl (C=O) groups is 1. The van der Waals surface area contributed by atoms with Crippen LogP contribution in [0.5, 0.6) is 0 Å². The Kier molecular flexibility index (Phi) is 9.40. The van der Waals surface area contributed by atoms with Gasteiger partial charge in [0.15, 0.2) is 0 Å². The Bertz CT molecular complexity index is 656. The van der Waals surface area contributed by atoms with Crippen LogP contribution in [0.3, 0.4) is 0 Å². The lowest BCUT2D eigenvalue weighted by Gasteiger charge is -2.18. The minimum atomic E-state index is -3.99. The lowest BCUT2D eigenvalue weighted by molar-refractivity contribution is -0.122. The molecule has 0 aliphatic rings. The Hall–Kier alpha value is -0.510. The van der Waals surface area contributed by atoms with E-state index in [-0.39, 0.29) is 14.9 Å². The summed E-state index contributed by atoms with van der Waals surface area (Å²) < 4.78 is 32.4. The molecule has 0 heterocycles. The minimum absolute atomic E-state index is 0.0373. The molecule has 0 aliphatic carbocycles. The average Bonchev–Trinajstić information content (AvgIpc) is 2.53. The molecule has 1 atom stereocenters. The number of sulfonamides is 1. The molecular formula is C14H20Cl2N2O4S2. The van der Waals surface area contributed by atoms with Gasteiger partial charge in [0.25, 0.3) is 0 Å². The highest BCUT2D eigenvalue weighted by Gasteiger charge is 2.27. The first-order valence-corrected chi connectivity index (χ1v) is 10.7. The molecule has 0 saturated carbocycles. The third-order valence-electron chi connectivity index (χ3n) is 3.01. The van der Waals surface area contributed by atoms with Crippen molar-refractivity contribution in [1.82, 2.24) is 10.0 Å². The number of methoxy groups -OCH3 is 1. The Morgan fingerprint density at radius 3 is 2.71 bits per heavy atom. The molecule has 0 aromatic heterocycles. The highest BCUT2D eigenvalue weighted by molar-refractivity contribution is 7.98. The molecule has 1 amide bonds. The predicted molar refractivity (Wildman–Crippen MR) is 98.5 cm³/mol. The van der Waals surface area contributed by atoms with Gasteiger partial charge in [0.1, 0.15) is 10.9 Å². The van der Waals surface area contributed by atoms with Gasteiger partial charge in [0.05, 0.1) is 11.6 Å². The number of nitrogens with one attached hydrogen (secondary N) is 2. The van der Waals surface area contributed by atoms with Crippen LogP contribution in [0.25, 0.3) is 0 Å². The number of benzene rings is 1. The fourth-order valence-electron chi connectivity index (χ4n) is 1.81. The SMILES string of the molecule is COCCNC(=O)C(CCSC)NS(=O)(=O)c1cc(Cl)ccc1Cl. The maximum absolute atomic E-state index is 12.5. The second-order valence-electron chi connectivity index (χ2n) is 4.81. The Morgan fingerprint density at radius 2 is 2.08 bits per heavy atom. The summed E-state index contributed by atoms with van der Waals surface area (Å²) in [5, 5.41) is 2.91. The Morgan fingerprint density at radius 1 is 1.38 bits per heavy atom. The summed E-state index contributed by atoms with van der Waals surface area (Å²) in [6.45, 7) is 0.638. The predicted octanol–water partition coefficient (Wildman–Crippen LogP) is 2.16. The van der Waals surface area contributed by atoms with Crippen molar-refractivity contribution in [2.45, 2.75) is 17.4 Å². The van der Waals surface area contributed by atoms with Gasteiger partial charge in [-0.25, -0.2) is 8.42 Å².